The average Bonchev–Trinajstić information content (AvgIpc) is 2.79. The Hall–Kier alpha value is -3.79. The molecule has 1 aromatic heterocycles. The van der Waals surface area contributed by atoms with Crippen molar-refractivity contribution in [1.82, 2.24) is 24.8 Å². The Labute approximate surface area is 185 Å². The molecule has 3 aromatic rings. The summed E-state index contributed by atoms with van der Waals surface area (Å²) < 4.78 is 18.4. The van der Waals surface area contributed by atoms with Crippen molar-refractivity contribution in [2.45, 2.75) is 6.54 Å². The number of amides is 1. The number of nitrogen functional groups attached to an aromatic ring is 1. The molecule has 9 nitrogen and oxygen atoms in total. The maximum Gasteiger partial charge on any atom is 0.253 e. The molecule has 1 aliphatic heterocycles. The minimum absolute atomic E-state index is 0.0997. The van der Waals surface area contributed by atoms with Crippen molar-refractivity contribution in [3.05, 3.63) is 65.7 Å². The van der Waals surface area contributed by atoms with E-state index in [9.17, 15) is 9.18 Å². The third-order valence-corrected chi connectivity index (χ3v) is 5.17. The van der Waals surface area contributed by atoms with Gasteiger partial charge in [-0.3, -0.25) is 9.69 Å². The van der Waals surface area contributed by atoms with Crippen molar-refractivity contribution in [1.29, 1.82) is 0 Å². The third-order valence-electron chi connectivity index (χ3n) is 5.17. The topological polar surface area (TPSA) is 109 Å². The molecule has 0 saturated carbocycles. The van der Waals surface area contributed by atoms with Crippen molar-refractivity contribution >= 4 is 23.5 Å². The predicted octanol–water partition coefficient (Wildman–Crippen LogP) is 2.30. The molecule has 0 radical (unpaired) electrons. The molecular weight excluding hydrogens is 413 g/mol. The molecule has 0 aliphatic carbocycles. The predicted molar refractivity (Wildman–Crippen MR) is 118 cm³/mol. The zero-order chi connectivity index (χ0) is 22.5. The van der Waals surface area contributed by atoms with Crippen molar-refractivity contribution in [3.8, 4) is 5.75 Å². The van der Waals surface area contributed by atoms with Gasteiger partial charge >= 0.3 is 0 Å². The van der Waals surface area contributed by atoms with E-state index in [4.69, 9.17) is 10.5 Å². The second kappa shape index (κ2) is 9.56. The van der Waals surface area contributed by atoms with Crippen LogP contribution in [0.5, 0.6) is 5.75 Å². The van der Waals surface area contributed by atoms with Gasteiger partial charge in [0.25, 0.3) is 5.91 Å². The highest BCUT2D eigenvalue weighted by Crippen LogP contribution is 2.25. The van der Waals surface area contributed by atoms with Gasteiger partial charge in [-0.05, 0) is 36.4 Å². The SMILES string of the molecule is COc1ccccc1Nc1nc(N)nc(CN2CCN(C(=O)c3ccc(F)cc3)CC2)n1. The van der Waals surface area contributed by atoms with E-state index < -0.39 is 0 Å². The second-order valence-corrected chi connectivity index (χ2v) is 7.33. The van der Waals surface area contributed by atoms with Crippen LogP contribution >= 0.6 is 0 Å². The first-order valence-corrected chi connectivity index (χ1v) is 10.2. The molecule has 32 heavy (non-hydrogen) atoms. The molecule has 1 saturated heterocycles. The van der Waals surface area contributed by atoms with Crippen LogP contribution in [-0.4, -0.2) is 63.9 Å². The first kappa shape index (κ1) is 21.4. The summed E-state index contributed by atoms with van der Waals surface area (Å²) in [5, 5.41) is 3.12. The molecule has 2 heterocycles. The molecule has 166 valence electrons. The number of piperazine rings is 1. The largest absolute Gasteiger partial charge is 0.495 e. The van der Waals surface area contributed by atoms with E-state index >= 15 is 0 Å². The maximum absolute atomic E-state index is 13.1. The summed E-state index contributed by atoms with van der Waals surface area (Å²) in [7, 11) is 1.59. The fourth-order valence-corrected chi connectivity index (χ4v) is 3.52. The molecule has 0 bridgehead atoms. The highest BCUT2D eigenvalue weighted by Gasteiger charge is 2.23. The molecule has 2 aromatic carbocycles. The van der Waals surface area contributed by atoms with E-state index in [0.29, 0.717) is 55.8 Å². The van der Waals surface area contributed by atoms with E-state index in [1.165, 1.54) is 24.3 Å². The van der Waals surface area contributed by atoms with Gasteiger partial charge < -0.3 is 20.7 Å². The molecule has 0 atom stereocenters. The van der Waals surface area contributed by atoms with Crippen LogP contribution in [-0.2, 0) is 6.54 Å². The summed E-state index contributed by atoms with van der Waals surface area (Å²) >= 11 is 0. The van der Waals surface area contributed by atoms with Crippen LogP contribution in [0.2, 0.25) is 0 Å². The highest BCUT2D eigenvalue weighted by molar-refractivity contribution is 5.94. The summed E-state index contributed by atoms with van der Waals surface area (Å²) in [5.74, 6) is 1.20. The zero-order valence-electron chi connectivity index (χ0n) is 17.7. The Morgan fingerprint density at radius 2 is 1.78 bits per heavy atom. The van der Waals surface area contributed by atoms with Crippen LogP contribution in [0.4, 0.5) is 22.0 Å². The summed E-state index contributed by atoms with van der Waals surface area (Å²) in [6.45, 7) is 2.92. The number of para-hydroxylation sites is 2. The summed E-state index contributed by atoms with van der Waals surface area (Å²) in [6.07, 6.45) is 0. The first-order chi connectivity index (χ1) is 15.5. The van der Waals surface area contributed by atoms with Gasteiger partial charge in [0, 0.05) is 31.7 Å². The highest BCUT2D eigenvalue weighted by atomic mass is 19.1. The minimum Gasteiger partial charge on any atom is -0.495 e. The van der Waals surface area contributed by atoms with Crippen molar-refractivity contribution < 1.29 is 13.9 Å². The molecular formula is C22H24FN7O2. The zero-order valence-corrected chi connectivity index (χ0v) is 17.7. The van der Waals surface area contributed by atoms with E-state index in [-0.39, 0.29) is 17.7 Å². The number of hydrogen-bond acceptors (Lipinski definition) is 8. The van der Waals surface area contributed by atoms with Gasteiger partial charge in [-0.25, -0.2) is 4.39 Å². The van der Waals surface area contributed by atoms with Crippen molar-refractivity contribution in [2.75, 3.05) is 44.3 Å². The Morgan fingerprint density at radius 1 is 1.06 bits per heavy atom. The number of nitrogens with zero attached hydrogens (tertiary/aromatic N) is 5. The normalized spacial score (nSPS) is 14.2. The fourth-order valence-electron chi connectivity index (χ4n) is 3.52. The lowest BCUT2D eigenvalue weighted by Gasteiger charge is -2.34. The number of hydrogen-bond donors (Lipinski definition) is 2. The Bertz CT molecular complexity index is 1090. The smallest absolute Gasteiger partial charge is 0.253 e. The summed E-state index contributed by atoms with van der Waals surface area (Å²) in [4.78, 5) is 29.4. The lowest BCUT2D eigenvalue weighted by molar-refractivity contribution is 0.0625. The number of benzene rings is 2. The molecule has 0 spiro atoms. The standard InChI is InChI=1S/C22H24FN7O2/c1-32-18-5-3-2-4-17(18)25-22-27-19(26-21(24)28-22)14-29-10-12-30(13-11-29)20(31)15-6-8-16(23)9-7-15/h2-9H,10-14H2,1H3,(H3,24,25,26,27,28). The number of carbonyl (C=O) groups excluding carboxylic acids is 1. The van der Waals surface area contributed by atoms with Crippen LogP contribution in [0.3, 0.4) is 0 Å². The molecule has 0 unspecified atom stereocenters. The van der Waals surface area contributed by atoms with Crippen LogP contribution in [0.1, 0.15) is 16.2 Å². The third kappa shape index (κ3) is 5.09. The Balaban J connectivity index is 1.38. The van der Waals surface area contributed by atoms with Crippen LogP contribution in [0.25, 0.3) is 0 Å². The van der Waals surface area contributed by atoms with E-state index in [1.54, 1.807) is 12.0 Å². The number of aromatic nitrogens is 3. The molecule has 10 heteroatoms. The number of nitrogens with one attached hydrogen (secondary N) is 1. The number of nitrogens with two attached hydrogens (primary N) is 1. The van der Waals surface area contributed by atoms with Gasteiger partial charge in [-0.1, -0.05) is 12.1 Å². The molecule has 4 rings (SSSR count). The van der Waals surface area contributed by atoms with Gasteiger partial charge in [0.1, 0.15) is 17.4 Å². The average molecular weight is 437 g/mol. The van der Waals surface area contributed by atoms with E-state index in [0.717, 1.165) is 5.69 Å². The van der Waals surface area contributed by atoms with Gasteiger partial charge in [0.2, 0.25) is 11.9 Å². The van der Waals surface area contributed by atoms with Crippen LogP contribution in [0.15, 0.2) is 48.5 Å². The summed E-state index contributed by atoms with van der Waals surface area (Å²) in [6, 6.07) is 13.1. The number of carbonyl (C=O) groups is 1. The number of anilines is 3. The monoisotopic (exact) mass is 437 g/mol. The lowest BCUT2D eigenvalue weighted by Crippen LogP contribution is -2.48. The lowest BCUT2D eigenvalue weighted by atomic mass is 10.2. The van der Waals surface area contributed by atoms with E-state index in [1.807, 2.05) is 24.3 Å². The minimum atomic E-state index is -0.359. The summed E-state index contributed by atoms with van der Waals surface area (Å²) in [5.41, 5.74) is 7.10. The van der Waals surface area contributed by atoms with Crippen LogP contribution in [0, 0.1) is 5.82 Å². The Morgan fingerprint density at radius 3 is 2.50 bits per heavy atom. The fraction of sp³-hybridized carbons (Fsp3) is 0.273. The number of halogens is 1. The molecule has 1 amide bonds. The molecule has 1 fully saturated rings. The van der Waals surface area contributed by atoms with Crippen molar-refractivity contribution in [3.63, 3.8) is 0 Å². The van der Waals surface area contributed by atoms with Gasteiger partial charge in [0.05, 0.1) is 19.3 Å². The second-order valence-electron chi connectivity index (χ2n) is 7.33. The number of rotatable bonds is 6. The molecule has 3 N–H and O–H groups in total. The first-order valence-electron chi connectivity index (χ1n) is 10.2. The van der Waals surface area contributed by atoms with Crippen LogP contribution < -0.4 is 15.8 Å². The van der Waals surface area contributed by atoms with E-state index in [2.05, 4.69) is 25.2 Å². The number of ether oxygens (including phenoxy) is 1. The quantitative estimate of drug-likeness (QED) is 0.605. The van der Waals surface area contributed by atoms with Gasteiger partial charge in [-0.2, -0.15) is 15.0 Å². The van der Waals surface area contributed by atoms with Crippen molar-refractivity contribution in [2.24, 2.45) is 0 Å². The molecule has 1 aliphatic rings. The maximum atomic E-state index is 13.1. The van der Waals surface area contributed by atoms with Gasteiger partial charge in [0.15, 0.2) is 0 Å². The van der Waals surface area contributed by atoms with Gasteiger partial charge in [-0.15, -0.1) is 0 Å². The Kier molecular flexibility index (Phi) is 6.41. The number of methoxy groups -OCH3 is 1.